The SMILES string of the molecule is Cc1ccc(C(=O)COC(=O)C2CC3CCCC(C2)C3=O)cc1[N+](=O)[O-]. The number of Topliss-reactive ketones (excluding diaryl/α,β-unsaturated/α-hetero) is 2. The summed E-state index contributed by atoms with van der Waals surface area (Å²) in [4.78, 5) is 47.0. The molecule has 2 saturated carbocycles. The summed E-state index contributed by atoms with van der Waals surface area (Å²) in [5.41, 5.74) is 0.466. The highest BCUT2D eigenvalue weighted by atomic mass is 16.6. The van der Waals surface area contributed by atoms with Gasteiger partial charge >= 0.3 is 5.97 Å². The zero-order valence-electron chi connectivity index (χ0n) is 14.6. The van der Waals surface area contributed by atoms with Crippen molar-refractivity contribution in [2.24, 2.45) is 17.8 Å². The Bertz CT molecular complexity index is 755. The van der Waals surface area contributed by atoms with Gasteiger partial charge < -0.3 is 4.74 Å². The van der Waals surface area contributed by atoms with E-state index in [-0.39, 0.29) is 34.8 Å². The molecule has 1 aromatic carbocycles. The van der Waals surface area contributed by atoms with Gasteiger partial charge in [-0.15, -0.1) is 0 Å². The second kappa shape index (κ2) is 7.35. The van der Waals surface area contributed by atoms with Gasteiger partial charge in [-0.2, -0.15) is 0 Å². The third-order valence-corrected chi connectivity index (χ3v) is 5.45. The van der Waals surface area contributed by atoms with Crippen molar-refractivity contribution >= 4 is 23.2 Å². The van der Waals surface area contributed by atoms with E-state index >= 15 is 0 Å². The van der Waals surface area contributed by atoms with E-state index in [2.05, 4.69) is 0 Å². The van der Waals surface area contributed by atoms with Crippen LogP contribution in [0.2, 0.25) is 0 Å². The smallest absolute Gasteiger partial charge is 0.309 e. The number of hydrogen-bond donors (Lipinski definition) is 0. The number of nitro benzene ring substituents is 1. The van der Waals surface area contributed by atoms with Crippen molar-refractivity contribution < 1.29 is 24.0 Å². The molecule has 138 valence electrons. The molecule has 0 radical (unpaired) electrons. The first-order valence-electron chi connectivity index (χ1n) is 8.85. The lowest BCUT2D eigenvalue weighted by Gasteiger charge is -2.36. The maximum atomic E-state index is 12.3. The van der Waals surface area contributed by atoms with Crippen molar-refractivity contribution in [1.29, 1.82) is 0 Å². The van der Waals surface area contributed by atoms with Crippen LogP contribution in [0.5, 0.6) is 0 Å². The maximum absolute atomic E-state index is 12.3. The summed E-state index contributed by atoms with van der Waals surface area (Å²) in [7, 11) is 0. The first-order chi connectivity index (χ1) is 12.4. The van der Waals surface area contributed by atoms with Crippen molar-refractivity contribution in [2.45, 2.75) is 39.0 Å². The van der Waals surface area contributed by atoms with E-state index in [4.69, 9.17) is 4.74 Å². The highest BCUT2D eigenvalue weighted by molar-refractivity contribution is 5.98. The van der Waals surface area contributed by atoms with Crippen LogP contribution in [0, 0.1) is 34.8 Å². The summed E-state index contributed by atoms with van der Waals surface area (Å²) in [5, 5.41) is 11.0. The number of ketones is 2. The number of carbonyl (C=O) groups excluding carboxylic acids is 3. The Morgan fingerprint density at radius 2 is 1.88 bits per heavy atom. The molecule has 2 fully saturated rings. The molecule has 0 amide bonds. The third kappa shape index (κ3) is 3.66. The Morgan fingerprint density at radius 3 is 2.50 bits per heavy atom. The fourth-order valence-electron chi connectivity index (χ4n) is 3.99. The molecule has 7 nitrogen and oxygen atoms in total. The lowest BCUT2D eigenvalue weighted by molar-refractivity contribution is -0.385. The minimum Gasteiger partial charge on any atom is -0.457 e. The number of carbonyl (C=O) groups is 3. The molecular formula is C19H21NO6. The predicted octanol–water partition coefficient (Wildman–Crippen LogP) is 3.02. The summed E-state index contributed by atoms with van der Waals surface area (Å²) in [5.74, 6) is -1.13. The predicted molar refractivity (Wildman–Crippen MR) is 91.7 cm³/mol. The van der Waals surface area contributed by atoms with Crippen LogP contribution >= 0.6 is 0 Å². The number of aryl methyl sites for hydroxylation is 1. The zero-order valence-corrected chi connectivity index (χ0v) is 14.6. The molecule has 0 spiro atoms. The molecule has 2 aliphatic rings. The minimum atomic E-state index is -0.546. The van der Waals surface area contributed by atoms with Gasteiger partial charge in [0.05, 0.1) is 10.8 Å². The Morgan fingerprint density at radius 1 is 1.23 bits per heavy atom. The van der Waals surface area contributed by atoms with Crippen molar-refractivity contribution in [3.8, 4) is 0 Å². The second-order valence-corrected chi connectivity index (χ2v) is 7.18. The van der Waals surface area contributed by atoms with E-state index < -0.39 is 23.3 Å². The standard InChI is InChI=1S/C19H21NO6/c1-11-5-6-12(9-16(11)20(24)25)17(21)10-26-19(23)15-7-13-3-2-4-14(8-15)18(13)22/h5-6,9,13-15H,2-4,7-8,10H2,1H3. The first-order valence-corrected chi connectivity index (χ1v) is 8.85. The molecule has 2 atom stereocenters. The van der Waals surface area contributed by atoms with E-state index in [9.17, 15) is 24.5 Å². The molecule has 1 aromatic rings. The number of nitro groups is 1. The van der Waals surface area contributed by atoms with Gasteiger partial charge in [0.25, 0.3) is 5.69 Å². The van der Waals surface area contributed by atoms with E-state index in [0.717, 1.165) is 19.3 Å². The Balaban J connectivity index is 1.59. The van der Waals surface area contributed by atoms with Gasteiger partial charge in [-0.3, -0.25) is 24.5 Å². The van der Waals surface area contributed by atoms with Gasteiger partial charge in [-0.25, -0.2) is 0 Å². The quantitative estimate of drug-likeness (QED) is 0.346. The Kier molecular flexibility index (Phi) is 5.15. The summed E-state index contributed by atoms with van der Waals surface area (Å²) >= 11 is 0. The second-order valence-electron chi connectivity index (χ2n) is 7.18. The van der Waals surface area contributed by atoms with Crippen molar-refractivity contribution in [3.63, 3.8) is 0 Å². The topological polar surface area (TPSA) is 104 Å². The number of esters is 1. The molecule has 0 N–H and O–H groups in total. The van der Waals surface area contributed by atoms with Crippen molar-refractivity contribution in [3.05, 3.63) is 39.4 Å². The third-order valence-electron chi connectivity index (χ3n) is 5.45. The number of benzene rings is 1. The van der Waals surface area contributed by atoms with Crippen molar-refractivity contribution in [1.82, 2.24) is 0 Å². The van der Waals surface area contributed by atoms with Crippen LogP contribution in [-0.2, 0) is 14.3 Å². The molecule has 0 aliphatic heterocycles. The van der Waals surface area contributed by atoms with E-state index in [0.29, 0.717) is 18.4 Å². The molecule has 3 rings (SSSR count). The van der Waals surface area contributed by atoms with Gasteiger partial charge in [0, 0.05) is 29.0 Å². The zero-order chi connectivity index (χ0) is 18.8. The molecule has 2 aliphatic carbocycles. The number of hydrogen-bond acceptors (Lipinski definition) is 6. The normalized spacial score (nSPS) is 24.8. The summed E-state index contributed by atoms with van der Waals surface area (Å²) in [6, 6.07) is 4.19. The summed E-state index contributed by atoms with van der Waals surface area (Å²) in [6.07, 6.45) is 3.67. The highest BCUT2D eigenvalue weighted by Gasteiger charge is 2.41. The Hall–Kier alpha value is -2.57. The monoisotopic (exact) mass is 359 g/mol. The largest absolute Gasteiger partial charge is 0.457 e. The molecule has 0 aromatic heterocycles. The highest BCUT2D eigenvalue weighted by Crippen LogP contribution is 2.40. The number of fused-ring (bicyclic) bond motifs is 2. The van der Waals surface area contributed by atoms with E-state index in [1.165, 1.54) is 18.2 Å². The van der Waals surface area contributed by atoms with Crippen LogP contribution in [0.15, 0.2) is 18.2 Å². The fraction of sp³-hybridized carbons (Fsp3) is 0.526. The lowest BCUT2D eigenvalue weighted by Crippen LogP contribution is -2.39. The Labute approximate surface area is 150 Å². The average Bonchev–Trinajstić information content (AvgIpc) is 2.59. The van der Waals surface area contributed by atoms with Gasteiger partial charge in [-0.05, 0) is 32.6 Å². The number of ether oxygens (including phenoxy) is 1. The minimum absolute atomic E-state index is 0.0597. The maximum Gasteiger partial charge on any atom is 0.309 e. The van der Waals surface area contributed by atoms with Gasteiger partial charge in [0.1, 0.15) is 5.78 Å². The lowest BCUT2D eigenvalue weighted by atomic mass is 9.67. The first kappa shape index (κ1) is 18.2. The van der Waals surface area contributed by atoms with Crippen LogP contribution in [0.25, 0.3) is 0 Å². The van der Waals surface area contributed by atoms with E-state index in [1.807, 2.05) is 0 Å². The number of rotatable bonds is 5. The average molecular weight is 359 g/mol. The molecule has 0 heterocycles. The van der Waals surface area contributed by atoms with Crippen LogP contribution in [0.4, 0.5) is 5.69 Å². The fourth-order valence-corrected chi connectivity index (χ4v) is 3.99. The number of nitrogens with zero attached hydrogens (tertiary/aromatic N) is 1. The summed E-state index contributed by atoms with van der Waals surface area (Å²) < 4.78 is 5.16. The van der Waals surface area contributed by atoms with Crippen LogP contribution in [0.1, 0.15) is 48.0 Å². The molecule has 26 heavy (non-hydrogen) atoms. The molecular weight excluding hydrogens is 338 g/mol. The van der Waals surface area contributed by atoms with Crippen LogP contribution in [0.3, 0.4) is 0 Å². The molecule has 0 saturated heterocycles. The summed E-state index contributed by atoms with van der Waals surface area (Å²) in [6.45, 7) is 1.15. The van der Waals surface area contributed by atoms with Gasteiger partial charge in [-0.1, -0.05) is 18.6 Å². The molecule has 7 heteroatoms. The van der Waals surface area contributed by atoms with Gasteiger partial charge in [0.15, 0.2) is 6.61 Å². The molecule has 2 bridgehead atoms. The molecule has 2 unspecified atom stereocenters. The van der Waals surface area contributed by atoms with Crippen LogP contribution in [-0.4, -0.2) is 29.1 Å². The van der Waals surface area contributed by atoms with Crippen molar-refractivity contribution in [2.75, 3.05) is 6.61 Å². The van der Waals surface area contributed by atoms with Crippen LogP contribution < -0.4 is 0 Å². The van der Waals surface area contributed by atoms with E-state index in [1.54, 1.807) is 6.92 Å². The van der Waals surface area contributed by atoms with Gasteiger partial charge in [0.2, 0.25) is 5.78 Å².